The van der Waals surface area contributed by atoms with Gasteiger partial charge in [-0.1, -0.05) is 44.2 Å². The molecule has 4 aromatic rings. The van der Waals surface area contributed by atoms with Crippen molar-refractivity contribution < 1.29 is 9.18 Å². The number of halogens is 1. The van der Waals surface area contributed by atoms with Gasteiger partial charge in [0.05, 0.1) is 18.3 Å². The molecule has 0 spiro atoms. The quantitative estimate of drug-likeness (QED) is 0.300. The second kappa shape index (κ2) is 10.8. The largest absolute Gasteiger partial charge is 0.382 e. The molecule has 2 heterocycles. The third-order valence-corrected chi connectivity index (χ3v) is 7.09. The molecule has 1 aliphatic carbocycles. The zero-order chi connectivity index (χ0) is 26.8. The number of allylic oxidation sites excluding steroid dienone is 1. The molecule has 1 amide bonds. The monoisotopic (exact) mass is 512 g/mol. The van der Waals surface area contributed by atoms with Crippen LogP contribution in [-0.2, 0) is 11.2 Å². The highest BCUT2D eigenvalue weighted by atomic mass is 19.1. The van der Waals surface area contributed by atoms with Crippen LogP contribution < -0.4 is 16.4 Å². The van der Waals surface area contributed by atoms with E-state index in [-0.39, 0.29) is 18.2 Å². The molecule has 8 heteroatoms. The molecule has 5 rings (SSSR count). The number of hydrogen-bond donors (Lipinski definition) is 3. The molecule has 1 aliphatic rings. The fourth-order valence-electron chi connectivity index (χ4n) is 5.07. The molecule has 0 fully saturated rings. The van der Waals surface area contributed by atoms with Crippen molar-refractivity contribution in [2.24, 2.45) is 0 Å². The number of rotatable bonds is 7. The number of anilines is 2. The number of carbonyl (C=O) groups excluding carboxylic acids is 1. The lowest BCUT2D eigenvalue weighted by atomic mass is 9.93. The van der Waals surface area contributed by atoms with Crippen molar-refractivity contribution in [1.29, 1.82) is 0 Å². The molecular weight excluding hydrogens is 479 g/mol. The second-order valence-electron chi connectivity index (χ2n) is 10.1. The van der Waals surface area contributed by atoms with Gasteiger partial charge in [-0.2, -0.15) is 0 Å². The summed E-state index contributed by atoms with van der Waals surface area (Å²) in [5.74, 6) is 0.524. The standard InChI is InChI=1S/C30H33FN6O/c1-18(2)30-36-27(28-29(32)34-17-25(37(28)30)20-10-12-21(33-3)13-11-20)23-14-9-19(15-24(23)31)16-26(38)35-22-7-5-4-6-8-22/h4-10,14-15,17-18,21,33H,11-13,16H2,1-3H3,(H2,32,34)(H,35,38). The van der Waals surface area contributed by atoms with Gasteiger partial charge < -0.3 is 16.4 Å². The fourth-order valence-corrected chi connectivity index (χ4v) is 5.07. The Morgan fingerprint density at radius 2 is 2.00 bits per heavy atom. The molecule has 1 unspecified atom stereocenters. The first-order valence-corrected chi connectivity index (χ1v) is 13.0. The molecule has 196 valence electrons. The highest BCUT2D eigenvalue weighted by Crippen LogP contribution is 2.36. The number of benzene rings is 2. The van der Waals surface area contributed by atoms with E-state index in [1.54, 1.807) is 18.3 Å². The lowest BCUT2D eigenvalue weighted by Crippen LogP contribution is -2.26. The Balaban J connectivity index is 1.52. The Morgan fingerprint density at radius 3 is 2.66 bits per heavy atom. The van der Waals surface area contributed by atoms with E-state index in [4.69, 9.17) is 10.7 Å². The van der Waals surface area contributed by atoms with Gasteiger partial charge >= 0.3 is 0 Å². The zero-order valence-electron chi connectivity index (χ0n) is 22.0. The third kappa shape index (κ3) is 5.04. The molecule has 0 aliphatic heterocycles. The summed E-state index contributed by atoms with van der Waals surface area (Å²) in [6.07, 6.45) is 6.98. The predicted octanol–water partition coefficient (Wildman–Crippen LogP) is 5.58. The normalized spacial score (nSPS) is 15.6. The third-order valence-electron chi connectivity index (χ3n) is 7.09. The van der Waals surface area contributed by atoms with Gasteiger partial charge in [-0.3, -0.25) is 9.20 Å². The van der Waals surface area contributed by atoms with E-state index in [2.05, 4.69) is 39.9 Å². The van der Waals surface area contributed by atoms with E-state index in [1.807, 2.05) is 37.4 Å². The molecule has 1 atom stereocenters. The SMILES string of the molecule is CNC1CC=C(c2cnc(N)c3c(-c4ccc(CC(=O)Nc5ccccc5)cc4F)nc(C(C)C)n23)CC1. The first-order chi connectivity index (χ1) is 18.4. The van der Waals surface area contributed by atoms with Crippen LogP contribution in [0.25, 0.3) is 22.3 Å². The summed E-state index contributed by atoms with van der Waals surface area (Å²) in [6.45, 7) is 4.13. The van der Waals surface area contributed by atoms with Crippen LogP contribution in [0.2, 0.25) is 0 Å². The topological polar surface area (TPSA) is 97.3 Å². The van der Waals surface area contributed by atoms with E-state index in [0.29, 0.717) is 39.9 Å². The van der Waals surface area contributed by atoms with Crippen LogP contribution >= 0.6 is 0 Å². The Labute approximate surface area is 222 Å². The number of nitrogen functional groups attached to an aromatic ring is 1. The maximum atomic E-state index is 15.6. The Morgan fingerprint density at radius 1 is 1.21 bits per heavy atom. The van der Waals surface area contributed by atoms with E-state index < -0.39 is 5.82 Å². The first-order valence-electron chi connectivity index (χ1n) is 13.0. The molecule has 0 saturated carbocycles. The highest BCUT2D eigenvalue weighted by molar-refractivity contribution is 5.92. The summed E-state index contributed by atoms with van der Waals surface area (Å²) in [5, 5.41) is 6.18. The number of amides is 1. The lowest BCUT2D eigenvalue weighted by molar-refractivity contribution is -0.115. The maximum Gasteiger partial charge on any atom is 0.228 e. The fraction of sp³-hybridized carbons (Fsp3) is 0.300. The van der Waals surface area contributed by atoms with Crippen LogP contribution in [0.3, 0.4) is 0 Å². The van der Waals surface area contributed by atoms with E-state index >= 15 is 4.39 Å². The number of nitrogens with one attached hydrogen (secondary N) is 2. The van der Waals surface area contributed by atoms with Gasteiger partial charge in [0.2, 0.25) is 5.91 Å². The van der Waals surface area contributed by atoms with Gasteiger partial charge in [0.25, 0.3) is 0 Å². The number of aromatic nitrogens is 3. The predicted molar refractivity (Wildman–Crippen MR) is 150 cm³/mol. The van der Waals surface area contributed by atoms with E-state index in [1.165, 1.54) is 11.6 Å². The average molecular weight is 513 g/mol. The highest BCUT2D eigenvalue weighted by Gasteiger charge is 2.25. The van der Waals surface area contributed by atoms with Gasteiger partial charge in [0.15, 0.2) is 0 Å². The second-order valence-corrected chi connectivity index (χ2v) is 10.1. The molecule has 7 nitrogen and oxygen atoms in total. The number of nitrogens with two attached hydrogens (primary N) is 1. The van der Waals surface area contributed by atoms with Crippen molar-refractivity contribution in [2.75, 3.05) is 18.1 Å². The smallest absolute Gasteiger partial charge is 0.228 e. The minimum atomic E-state index is -0.455. The summed E-state index contributed by atoms with van der Waals surface area (Å²) in [5.41, 5.74) is 11.2. The summed E-state index contributed by atoms with van der Waals surface area (Å²) in [6, 6.07) is 14.5. The number of para-hydroxylation sites is 1. The molecule has 2 aromatic carbocycles. The van der Waals surface area contributed by atoms with Gasteiger partial charge in [-0.15, -0.1) is 0 Å². The summed E-state index contributed by atoms with van der Waals surface area (Å²) >= 11 is 0. The Kier molecular flexibility index (Phi) is 7.24. The van der Waals surface area contributed by atoms with Crippen LogP contribution in [0.5, 0.6) is 0 Å². The number of carbonyl (C=O) groups is 1. The van der Waals surface area contributed by atoms with Crippen LogP contribution in [0.1, 0.15) is 56.1 Å². The molecule has 0 bridgehead atoms. The average Bonchev–Trinajstić information content (AvgIpc) is 3.31. The van der Waals surface area contributed by atoms with Crippen LogP contribution in [0, 0.1) is 5.82 Å². The number of fused-ring (bicyclic) bond motifs is 1. The minimum absolute atomic E-state index is 0.0584. The summed E-state index contributed by atoms with van der Waals surface area (Å²) in [7, 11) is 1.99. The lowest BCUT2D eigenvalue weighted by Gasteiger charge is -2.22. The number of imidazole rings is 1. The summed E-state index contributed by atoms with van der Waals surface area (Å²) in [4.78, 5) is 21.9. The van der Waals surface area contributed by atoms with Crippen LogP contribution in [0.4, 0.5) is 15.9 Å². The van der Waals surface area contributed by atoms with Crippen molar-refractivity contribution in [3.05, 3.63) is 83.7 Å². The minimum Gasteiger partial charge on any atom is -0.382 e. The van der Waals surface area contributed by atoms with Gasteiger partial charge in [0.1, 0.15) is 28.7 Å². The molecule has 2 aromatic heterocycles. The number of hydrogen-bond acceptors (Lipinski definition) is 5. The summed E-state index contributed by atoms with van der Waals surface area (Å²) < 4.78 is 17.6. The Hall–Kier alpha value is -4.04. The molecule has 0 radical (unpaired) electrons. The van der Waals surface area contributed by atoms with Crippen LogP contribution in [-0.4, -0.2) is 33.4 Å². The van der Waals surface area contributed by atoms with Crippen molar-refractivity contribution in [2.45, 2.75) is 51.5 Å². The van der Waals surface area contributed by atoms with Crippen molar-refractivity contribution >= 4 is 28.5 Å². The molecule has 4 N–H and O–H groups in total. The van der Waals surface area contributed by atoms with Crippen LogP contribution in [0.15, 0.2) is 60.8 Å². The van der Waals surface area contributed by atoms with E-state index in [0.717, 1.165) is 30.8 Å². The maximum absolute atomic E-state index is 15.6. The molecule has 0 saturated heterocycles. The van der Waals surface area contributed by atoms with Gasteiger partial charge in [-0.25, -0.2) is 14.4 Å². The first kappa shape index (κ1) is 25.6. The van der Waals surface area contributed by atoms with Crippen molar-refractivity contribution in [3.63, 3.8) is 0 Å². The molecular formula is C30H33FN6O. The zero-order valence-corrected chi connectivity index (χ0v) is 22.0. The van der Waals surface area contributed by atoms with Crippen molar-refractivity contribution in [1.82, 2.24) is 19.7 Å². The van der Waals surface area contributed by atoms with Gasteiger partial charge in [-0.05, 0) is 61.7 Å². The van der Waals surface area contributed by atoms with Gasteiger partial charge in [0, 0.05) is 23.2 Å². The van der Waals surface area contributed by atoms with Crippen molar-refractivity contribution in [3.8, 4) is 11.3 Å². The van der Waals surface area contributed by atoms with E-state index in [9.17, 15) is 4.79 Å². The molecule has 38 heavy (non-hydrogen) atoms. The Bertz CT molecular complexity index is 1510. The number of nitrogens with zero attached hydrogens (tertiary/aromatic N) is 3.